The Morgan fingerprint density at radius 1 is 0.926 bits per heavy atom. The summed E-state index contributed by atoms with van der Waals surface area (Å²) in [7, 11) is 0. The lowest BCUT2D eigenvalue weighted by Crippen LogP contribution is -2.14. The molecule has 3 rings (SSSR count). The van der Waals surface area contributed by atoms with Crippen LogP contribution in [0, 0.1) is 0 Å². The molecule has 0 radical (unpaired) electrons. The number of aromatic carboxylic acids is 1. The average molecular weight is 443 g/mol. The highest BCUT2D eigenvalue weighted by Gasteiger charge is 2.14. The number of halogens is 1. The van der Waals surface area contributed by atoms with Gasteiger partial charge in [-0.05, 0) is 66.5 Å². The lowest BCUT2D eigenvalue weighted by atomic mass is 10.1. The Morgan fingerprint density at radius 2 is 1.63 bits per heavy atom. The summed E-state index contributed by atoms with van der Waals surface area (Å²) in [6.45, 7) is 0. The van der Waals surface area contributed by atoms with E-state index >= 15 is 0 Å². The molecule has 1 amide bonds. The number of nitrogens with one attached hydrogen (secondary N) is 2. The third kappa shape index (κ3) is 5.12. The number of benzene rings is 3. The summed E-state index contributed by atoms with van der Waals surface area (Å²) >= 11 is 4.71. The van der Waals surface area contributed by atoms with E-state index in [2.05, 4.69) is 26.0 Å². The molecule has 0 fully saturated rings. The first-order valence-corrected chi connectivity index (χ1v) is 9.56. The van der Waals surface area contributed by atoms with E-state index in [0.717, 1.165) is 10.6 Å². The van der Waals surface area contributed by atoms with E-state index in [-0.39, 0.29) is 17.2 Å². The summed E-state index contributed by atoms with van der Waals surface area (Å²) in [5.74, 6) is -1.48. The third-order valence-corrected chi connectivity index (χ3v) is 4.98. The zero-order valence-corrected chi connectivity index (χ0v) is 16.4. The fourth-order valence-corrected chi connectivity index (χ4v) is 3.32. The minimum absolute atomic E-state index is 0.0234. The number of hydrogen-bond donors (Lipinski definition) is 3. The van der Waals surface area contributed by atoms with Gasteiger partial charge in [0, 0.05) is 20.6 Å². The van der Waals surface area contributed by atoms with Gasteiger partial charge in [-0.2, -0.15) is 0 Å². The van der Waals surface area contributed by atoms with Gasteiger partial charge in [0.1, 0.15) is 0 Å². The largest absolute Gasteiger partial charge is 0.478 e. The molecule has 0 spiro atoms. The second-order valence-electron chi connectivity index (χ2n) is 5.54. The summed E-state index contributed by atoms with van der Waals surface area (Å²) in [6, 6.07) is 21.5. The molecule has 0 saturated heterocycles. The van der Waals surface area contributed by atoms with Crippen molar-refractivity contribution in [3.8, 4) is 0 Å². The molecule has 7 heteroatoms. The minimum Gasteiger partial charge on any atom is -0.478 e. The van der Waals surface area contributed by atoms with Crippen LogP contribution < -0.4 is 10.0 Å². The molecule has 0 aliphatic heterocycles. The van der Waals surface area contributed by atoms with E-state index in [1.54, 1.807) is 36.4 Å². The van der Waals surface area contributed by atoms with Gasteiger partial charge in [0.15, 0.2) is 0 Å². The van der Waals surface area contributed by atoms with Crippen molar-refractivity contribution in [2.45, 2.75) is 4.90 Å². The highest BCUT2D eigenvalue weighted by atomic mass is 79.9. The number of carboxylic acids is 1. The molecule has 27 heavy (non-hydrogen) atoms. The molecule has 0 atom stereocenters. The second-order valence-corrected chi connectivity index (χ2v) is 7.34. The van der Waals surface area contributed by atoms with Crippen LogP contribution in [0.1, 0.15) is 20.7 Å². The van der Waals surface area contributed by atoms with E-state index in [0.29, 0.717) is 10.0 Å². The van der Waals surface area contributed by atoms with Crippen LogP contribution in [0.4, 0.5) is 11.4 Å². The normalized spacial score (nSPS) is 10.3. The summed E-state index contributed by atoms with van der Waals surface area (Å²) in [4.78, 5) is 24.8. The molecule has 3 aromatic carbocycles. The van der Waals surface area contributed by atoms with Crippen LogP contribution in [0.5, 0.6) is 0 Å². The smallest absolute Gasteiger partial charge is 0.337 e. The minimum atomic E-state index is -1.11. The molecule has 0 aliphatic carbocycles. The van der Waals surface area contributed by atoms with Gasteiger partial charge in [-0.15, -0.1) is 0 Å². The van der Waals surface area contributed by atoms with Crippen molar-refractivity contribution in [1.29, 1.82) is 0 Å². The Morgan fingerprint density at radius 3 is 2.30 bits per heavy atom. The average Bonchev–Trinajstić information content (AvgIpc) is 2.68. The monoisotopic (exact) mass is 442 g/mol. The van der Waals surface area contributed by atoms with Crippen LogP contribution in [-0.4, -0.2) is 17.0 Å². The van der Waals surface area contributed by atoms with Crippen molar-refractivity contribution in [3.05, 3.63) is 88.4 Å². The predicted octanol–water partition coefficient (Wildman–Crippen LogP) is 5.52. The van der Waals surface area contributed by atoms with Crippen LogP contribution in [0.15, 0.2) is 82.2 Å². The Balaban J connectivity index is 1.67. The number of amides is 1. The highest BCUT2D eigenvalue weighted by molar-refractivity contribution is 9.10. The molecule has 0 bridgehead atoms. The second kappa shape index (κ2) is 8.75. The summed E-state index contributed by atoms with van der Waals surface area (Å²) < 4.78 is 3.84. The summed E-state index contributed by atoms with van der Waals surface area (Å²) in [5, 5.41) is 11.9. The van der Waals surface area contributed by atoms with Gasteiger partial charge in [0.25, 0.3) is 5.91 Å². The third-order valence-electron chi connectivity index (χ3n) is 3.64. The van der Waals surface area contributed by atoms with E-state index in [1.165, 1.54) is 18.0 Å². The maximum atomic E-state index is 12.4. The zero-order chi connectivity index (χ0) is 19.2. The van der Waals surface area contributed by atoms with Crippen molar-refractivity contribution in [3.63, 3.8) is 0 Å². The van der Waals surface area contributed by atoms with Gasteiger partial charge in [0.05, 0.1) is 11.3 Å². The molecule has 0 aromatic heterocycles. The van der Waals surface area contributed by atoms with Gasteiger partial charge >= 0.3 is 5.97 Å². The van der Waals surface area contributed by atoms with E-state index in [1.807, 2.05) is 30.3 Å². The first kappa shape index (κ1) is 19.0. The molecule has 0 heterocycles. The molecule has 0 unspecified atom stereocenters. The van der Waals surface area contributed by atoms with Crippen LogP contribution in [0.25, 0.3) is 0 Å². The quantitative estimate of drug-likeness (QED) is 0.438. The van der Waals surface area contributed by atoms with E-state index in [9.17, 15) is 14.7 Å². The molecule has 3 N–H and O–H groups in total. The van der Waals surface area contributed by atoms with E-state index in [4.69, 9.17) is 0 Å². The summed E-state index contributed by atoms with van der Waals surface area (Å²) in [5.41, 5.74) is 1.56. The standard InChI is InChI=1S/C20H15BrN2O3S/c21-14-8-11-18(17(12-14)20(25)26)22-19(24)13-6-9-15(10-7-13)23-27-16-4-2-1-3-5-16/h1-12,23H,(H,22,24)(H,25,26). The number of anilines is 2. The number of hydrogen-bond acceptors (Lipinski definition) is 4. The van der Waals surface area contributed by atoms with Gasteiger partial charge < -0.3 is 15.1 Å². The van der Waals surface area contributed by atoms with Gasteiger partial charge in [-0.1, -0.05) is 34.1 Å². The molecule has 0 saturated carbocycles. The first-order valence-electron chi connectivity index (χ1n) is 7.95. The molecular formula is C20H15BrN2O3S. The molecule has 0 aliphatic rings. The lowest BCUT2D eigenvalue weighted by molar-refractivity contribution is 0.0698. The molecule has 3 aromatic rings. The zero-order valence-electron chi connectivity index (χ0n) is 14.0. The lowest BCUT2D eigenvalue weighted by Gasteiger charge is -2.10. The Hall–Kier alpha value is -2.77. The van der Waals surface area contributed by atoms with Crippen molar-refractivity contribution < 1.29 is 14.7 Å². The van der Waals surface area contributed by atoms with E-state index < -0.39 is 5.97 Å². The Bertz CT molecular complexity index is 963. The first-order chi connectivity index (χ1) is 13.0. The van der Waals surface area contributed by atoms with Crippen LogP contribution in [-0.2, 0) is 0 Å². The maximum absolute atomic E-state index is 12.4. The van der Waals surface area contributed by atoms with Crippen molar-refractivity contribution >= 4 is 51.1 Å². The van der Waals surface area contributed by atoms with Crippen LogP contribution in [0.3, 0.4) is 0 Å². The van der Waals surface area contributed by atoms with Crippen LogP contribution in [0.2, 0.25) is 0 Å². The predicted molar refractivity (Wildman–Crippen MR) is 111 cm³/mol. The number of carbonyl (C=O) groups is 2. The summed E-state index contributed by atoms with van der Waals surface area (Å²) in [6.07, 6.45) is 0. The van der Waals surface area contributed by atoms with Crippen molar-refractivity contribution in [2.24, 2.45) is 0 Å². The maximum Gasteiger partial charge on any atom is 0.337 e. The number of carboxylic acid groups (broad SMARTS) is 1. The topological polar surface area (TPSA) is 78.4 Å². The Kier molecular flexibility index (Phi) is 6.16. The van der Waals surface area contributed by atoms with Crippen molar-refractivity contribution in [2.75, 3.05) is 10.0 Å². The Labute approximate surface area is 169 Å². The SMILES string of the molecule is O=C(Nc1ccc(Br)cc1C(=O)O)c1ccc(NSc2ccccc2)cc1. The number of rotatable bonds is 6. The highest BCUT2D eigenvalue weighted by Crippen LogP contribution is 2.23. The fraction of sp³-hybridized carbons (Fsp3) is 0. The van der Waals surface area contributed by atoms with Gasteiger partial charge in [0.2, 0.25) is 0 Å². The molecule has 5 nitrogen and oxygen atoms in total. The van der Waals surface area contributed by atoms with Crippen molar-refractivity contribution in [1.82, 2.24) is 0 Å². The van der Waals surface area contributed by atoms with Gasteiger partial charge in [-0.3, -0.25) is 4.79 Å². The fourth-order valence-electron chi connectivity index (χ4n) is 2.29. The molecule has 136 valence electrons. The van der Waals surface area contributed by atoms with Gasteiger partial charge in [-0.25, -0.2) is 4.79 Å². The molecular weight excluding hydrogens is 428 g/mol. The van der Waals surface area contributed by atoms with Crippen LogP contribution >= 0.6 is 27.9 Å². The number of carbonyl (C=O) groups excluding carboxylic acids is 1.